The lowest BCUT2D eigenvalue weighted by atomic mass is 9.93. The minimum absolute atomic E-state index is 0.531. The summed E-state index contributed by atoms with van der Waals surface area (Å²) in [6.45, 7) is 17.7. The Morgan fingerprint density at radius 3 is 1.62 bits per heavy atom. The summed E-state index contributed by atoms with van der Waals surface area (Å²) in [5, 5.41) is 0. The summed E-state index contributed by atoms with van der Waals surface area (Å²) in [4.78, 5) is 8.55. The summed E-state index contributed by atoms with van der Waals surface area (Å²) in [5.74, 6) is 2.29. The Balaban J connectivity index is 0.000000240. The predicted octanol–water partition coefficient (Wildman–Crippen LogP) is 6.66. The Morgan fingerprint density at radius 1 is 0.625 bits per heavy atom. The van der Waals surface area contributed by atoms with E-state index in [-0.39, 0.29) is 0 Å². The molecule has 0 bridgehead atoms. The molecule has 0 aliphatic rings. The fraction of sp³-hybridized carbons (Fsp3) is 0.545. The van der Waals surface area contributed by atoms with E-state index >= 15 is 0 Å². The number of nitrogens with zero attached hydrogens (tertiary/aromatic N) is 2. The maximum absolute atomic E-state index is 4.40. The van der Waals surface area contributed by atoms with E-state index in [9.17, 15) is 0 Å². The Labute approximate surface area is 148 Å². The first kappa shape index (κ1) is 20.3. The van der Waals surface area contributed by atoms with E-state index in [2.05, 4.69) is 77.5 Å². The highest BCUT2D eigenvalue weighted by atomic mass is 14.7. The van der Waals surface area contributed by atoms with Crippen molar-refractivity contribution in [1.29, 1.82) is 0 Å². The first-order valence-electron chi connectivity index (χ1n) is 9.14. The van der Waals surface area contributed by atoms with Crippen LogP contribution in [0.2, 0.25) is 0 Å². The molecule has 2 rings (SSSR count). The molecule has 2 aromatic rings. The van der Waals surface area contributed by atoms with Gasteiger partial charge in [0.1, 0.15) is 0 Å². The van der Waals surface area contributed by atoms with Gasteiger partial charge < -0.3 is 0 Å². The van der Waals surface area contributed by atoms with Crippen LogP contribution < -0.4 is 0 Å². The quantitative estimate of drug-likeness (QED) is 0.628. The molecule has 0 fully saturated rings. The first-order valence-corrected chi connectivity index (χ1v) is 9.14. The minimum Gasteiger partial charge on any atom is -0.264 e. The van der Waals surface area contributed by atoms with Gasteiger partial charge in [0.25, 0.3) is 0 Å². The second-order valence-corrected chi connectivity index (χ2v) is 7.60. The van der Waals surface area contributed by atoms with E-state index in [1.807, 2.05) is 24.7 Å². The molecule has 0 saturated carbocycles. The van der Waals surface area contributed by atoms with Gasteiger partial charge in [0.2, 0.25) is 0 Å². The highest BCUT2D eigenvalue weighted by Gasteiger charge is 2.09. The second kappa shape index (κ2) is 9.56. The molecule has 0 spiro atoms. The van der Waals surface area contributed by atoms with Crippen molar-refractivity contribution in [3.05, 3.63) is 59.2 Å². The van der Waals surface area contributed by atoms with Crippen LogP contribution in [0.5, 0.6) is 0 Å². The number of pyridine rings is 2. The first-order chi connectivity index (χ1) is 11.3. The van der Waals surface area contributed by atoms with Crippen molar-refractivity contribution in [1.82, 2.24) is 9.97 Å². The molecule has 2 heteroatoms. The highest BCUT2D eigenvalue weighted by molar-refractivity contribution is 5.28. The molecule has 0 atom stereocenters. The predicted molar refractivity (Wildman–Crippen MR) is 105 cm³/mol. The van der Waals surface area contributed by atoms with Crippen molar-refractivity contribution < 1.29 is 0 Å². The molecule has 2 aromatic heterocycles. The largest absolute Gasteiger partial charge is 0.264 e. The molecule has 2 heterocycles. The molecule has 24 heavy (non-hydrogen) atoms. The number of rotatable bonds is 4. The zero-order chi connectivity index (χ0) is 18.3. The van der Waals surface area contributed by atoms with Crippen LogP contribution in [0, 0.1) is 0 Å². The van der Waals surface area contributed by atoms with Gasteiger partial charge in [-0.1, -0.05) is 61.5 Å². The van der Waals surface area contributed by atoms with Gasteiger partial charge in [0.15, 0.2) is 0 Å². The lowest BCUT2D eigenvalue weighted by Crippen LogP contribution is -2.00. The number of hydrogen-bond donors (Lipinski definition) is 0. The van der Waals surface area contributed by atoms with Crippen LogP contribution in [0.1, 0.15) is 101 Å². The van der Waals surface area contributed by atoms with Crippen LogP contribution >= 0.6 is 0 Å². The summed E-state index contributed by atoms with van der Waals surface area (Å²) >= 11 is 0. The van der Waals surface area contributed by atoms with Gasteiger partial charge in [0, 0.05) is 24.3 Å². The van der Waals surface area contributed by atoms with E-state index in [4.69, 9.17) is 0 Å². The third kappa shape index (κ3) is 5.74. The summed E-state index contributed by atoms with van der Waals surface area (Å²) < 4.78 is 0. The standard InChI is InChI=1S/2C11H17N/c1-8(2)10-5-6-12-7-11(10)9(3)4;1-8(2)10-6-5-7-12-11(10)9(3)4/h2*5-9H,1-4H3. The summed E-state index contributed by atoms with van der Waals surface area (Å²) in [7, 11) is 0. The van der Waals surface area contributed by atoms with Crippen molar-refractivity contribution in [2.75, 3.05) is 0 Å². The Bertz CT molecular complexity index is 503. The summed E-state index contributed by atoms with van der Waals surface area (Å²) in [6, 6.07) is 6.31. The highest BCUT2D eigenvalue weighted by Crippen LogP contribution is 2.24. The third-order valence-electron chi connectivity index (χ3n) is 4.17. The Hall–Kier alpha value is -1.70. The average Bonchev–Trinajstić information content (AvgIpc) is 2.55. The van der Waals surface area contributed by atoms with Gasteiger partial charge in [0.05, 0.1) is 0 Å². The number of aromatic nitrogens is 2. The van der Waals surface area contributed by atoms with Gasteiger partial charge in [-0.2, -0.15) is 0 Å². The normalized spacial score (nSPS) is 11.2. The fourth-order valence-corrected chi connectivity index (χ4v) is 2.83. The maximum atomic E-state index is 4.40. The molecule has 0 aliphatic carbocycles. The van der Waals surface area contributed by atoms with E-state index in [1.54, 1.807) is 0 Å². The zero-order valence-corrected chi connectivity index (χ0v) is 16.7. The maximum Gasteiger partial charge on any atom is 0.0463 e. The average molecular weight is 327 g/mol. The van der Waals surface area contributed by atoms with Crippen molar-refractivity contribution in [3.63, 3.8) is 0 Å². The van der Waals surface area contributed by atoms with Crippen LogP contribution in [0.4, 0.5) is 0 Å². The molecular formula is C22H34N2. The van der Waals surface area contributed by atoms with Gasteiger partial charge >= 0.3 is 0 Å². The zero-order valence-electron chi connectivity index (χ0n) is 16.7. The van der Waals surface area contributed by atoms with Crippen molar-refractivity contribution in [2.45, 2.75) is 79.1 Å². The molecule has 0 saturated heterocycles. The van der Waals surface area contributed by atoms with Crippen LogP contribution in [-0.2, 0) is 0 Å². The molecule has 0 N–H and O–H groups in total. The Kier molecular flexibility index (Phi) is 8.10. The van der Waals surface area contributed by atoms with E-state index in [0.29, 0.717) is 23.7 Å². The topological polar surface area (TPSA) is 25.8 Å². The molecule has 0 amide bonds. The van der Waals surface area contributed by atoms with Crippen molar-refractivity contribution in [3.8, 4) is 0 Å². The Morgan fingerprint density at radius 2 is 1.21 bits per heavy atom. The lowest BCUT2D eigenvalue weighted by molar-refractivity contribution is 0.757. The molecule has 132 valence electrons. The number of hydrogen-bond acceptors (Lipinski definition) is 2. The van der Waals surface area contributed by atoms with Crippen molar-refractivity contribution >= 4 is 0 Å². The molecule has 0 aliphatic heterocycles. The molecule has 0 aromatic carbocycles. The van der Waals surface area contributed by atoms with Crippen molar-refractivity contribution in [2.24, 2.45) is 0 Å². The van der Waals surface area contributed by atoms with Crippen LogP contribution in [-0.4, -0.2) is 9.97 Å². The fourth-order valence-electron chi connectivity index (χ4n) is 2.83. The summed E-state index contributed by atoms with van der Waals surface area (Å²) in [5.41, 5.74) is 5.44. The minimum atomic E-state index is 0.531. The molecule has 0 unspecified atom stereocenters. The summed E-state index contributed by atoms with van der Waals surface area (Å²) in [6.07, 6.45) is 5.74. The second-order valence-electron chi connectivity index (χ2n) is 7.60. The van der Waals surface area contributed by atoms with Crippen LogP contribution in [0.15, 0.2) is 36.8 Å². The smallest absolute Gasteiger partial charge is 0.0463 e. The third-order valence-corrected chi connectivity index (χ3v) is 4.17. The van der Waals surface area contributed by atoms with Gasteiger partial charge in [-0.15, -0.1) is 0 Å². The van der Waals surface area contributed by atoms with E-state index in [1.165, 1.54) is 22.4 Å². The van der Waals surface area contributed by atoms with Gasteiger partial charge in [-0.25, -0.2) is 0 Å². The van der Waals surface area contributed by atoms with Gasteiger partial charge in [-0.05, 0) is 52.5 Å². The SMILES string of the molecule is CC(C)c1cccnc1C(C)C.CC(C)c1ccncc1C(C)C. The van der Waals surface area contributed by atoms with Crippen LogP contribution in [0.25, 0.3) is 0 Å². The lowest BCUT2D eigenvalue weighted by Gasteiger charge is -2.14. The monoisotopic (exact) mass is 326 g/mol. The van der Waals surface area contributed by atoms with Crippen LogP contribution in [0.3, 0.4) is 0 Å². The molecule has 2 nitrogen and oxygen atoms in total. The van der Waals surface area contributed by atoms with E-state index in [0.717, 1.165) is 0 Å². The van der Waals surface area contributed by atoms with Gasteiger partial charge in [-0.3, -0.25) is 9.97 Å². The van der Waals surface area contributed by atoms with E-state index < -0.39 is 0 Å². The molecule has 0 radical (unpaired) electrons. The molecular weight excluding hydrogens is 292 g/mol.